The average Bonchev–Trinajstić information content (AvgIpc) is 3.16. The molecule has 0 bridgehead atoms. The molecule has 1 fully saturated rings. The van der Waals surface area contributed by atoms with Crippen LogP contribution in [0.2, 0.25) is 0 Å². The van der Waals surface area contributed by atoms with Crippen LogP contribution in [0.4, 0.5) is 23.2 Å². The highest BCUT2D eigenvalue weighted by Crippen LogP contribution is 2.37. The molecule has 2 aromatic carbocycles. The standard InChI is InChI=1S/C27H32F4N2O7S/c1-26(2)10-17-5-4-15(8-21(17)40-26)11-32-20-14-41(37)13-18(25(20)34)6-16-7-19(28)24(33(35)36)22(9-16)39-23(12-38-3)27(29,30)31/h4-5,7-9,18,20,23,25,32,34H,6,10-14H2,1-3H3/t18-,20+,23-,25+,41-/m1/s1. The molecule has 2 N–H and O–H groups in total. The molecule has 5 atom stereocenters. The van der Waals surface area contributed by atoms with Gasteiger partial charge in [-0.05, 0) is 55.2 Å². The highest BCUT2D eigenvalue weighted by Gasteiger charge is 2.44. The number of benzene rings is 2. The van der Waals surface area contributed by atoms with Gasteiger partial charge in [0, 0.05) is 26.0 Å². The van der Waals surface area contributed by atoms with Crippen molar-refractivity contribution in [3.8, 4) is 11.5 Å². The van der Waals surface area contributed by atoms with Crippen LogP contribution in [0.5, 0.6) is 11.5 Å². The molecule has 9 nitrogen and oxygen atoms in total. The third-order valence-corrected chi connectivity index (χ3v) is 8.61. The molecule has 2 aliphatic heterocycles. The number of fused-ring (bicyclic) bond motifs is 1. The molecule has 14 heteroatoms. The molecule has 4 rings (SSSR count). The number of nitrogens with zero attached hydrogens (tertiary/aromatic N) is 1. The summed E-state index contributed by atoms with van der Waals surface area (Å²) in [6, 6.07) is 7.03. The van der Waals surface area contributed by atoms with E-state index in [9.17, 15) is 37.3 Å². The van der Waals surface area contributed by atoms with Crippen molar-refractivity contribution in [2.45, 2.75) is 63.3 Å². The number of halogens is 4. The van der Waals surface area contributed by atoms with E-state index in [0.717, 1.165) is 42.5 Å². The van der Waals surface area contributed by atoms with Crippen LogP contribution in [0.3, 0.4) is 0 Å². The molecule has 0 aliphatic carbocycles. The van der Waals surface area contributed by atoms with Crippen LogP contribution in [0.25, 0.3) is 0 Å². The monoisotopic (exact) mass is 604 g/mol. The maximum absolute atomic E-state index is 14.8. The van der Waals surface area contributed by atoms with Crippen LogP contribution in [0.1, 0.15) is 30.5 Å². The molecule has 0 saturated carbocycles. The summed E-state index contributed by atoms with van der Waals surface area (Å²) in [7, 11) is 1.00. The predicted molar refractivity (Wildman–Crippen MR) is 142 cm³/mol. The second-order valence-electron chi connectivity index (χ2n) is 11.0. The van der Waals surface area contributed by atoms with Gasteiger partial charge in [0.2, 0.25) is 17.7 Å². The minimum absolute atomic E-state index is 0.0570. The van der Waals surface area contributed by atoms with E-state index < -0.39 is 70.3 Å². The number of nitrogens with one attached hydrogen (secondary N) is 1. The third-order valence-electron chi connectivity index (χ3n) is 7.08. The van der Waals surface area contributed by atoms with Gasteiger partial charge in [-0.1, -0.05) is 23.3 Å². The maximum Gasteiger partial charge on any atom is 0.427 e. The highest BCUT2D eigenvalue weighted by atomic mass is 32.2. The van der Waals surface area contributed by atoms with Gasteiger partial charge < -0.3 is 29.2 Å². The highest BCUT2D eigenvalue weighted by molar-refractivity contribution is 7.91. The molecule has 0 spiro atoms. The van der Waals surface area contributed by atoms with Gasteiger partial charge in [0.05, 0.1) is 23.7 Å². The fraction of sp³-hybridized carbons (Fsp3) is 0.556. The van der Waals surface area contributed by atoms with Crippen molar-refractivity contribution in [1.82, 2.24) is 5.32 Å². The van der Waals surface area contributed by atoms with Gasteiger partial charge in [-0.2, -0.15) is 17.6 Å². The fourth-order valence-electron chi connectivity index (χ4n) is 5.20. The fourth-order valence-corrected chi connectivity index (χ4v) is 6.84. The summed E-state index contributed by atoms with van der Waals surface area (Å²) < 4.78 is 82.9. The zero-order valence-electron chi connectivity index (χ0n) is 22.7. The van der Waals surface area contributed by atoms with Crippen LogP contribution in [0, 0.1) is 21.8 Å². The first-order chi connectivity index (χ1) is 19.2. The molecule has 0 unspecified atom stereocenters. The number of aliphatic hydroxyl groups excluding tert-OH is 1. The summed E-state index contributed by atoms with van der Waals surface area (Å²) in [6.07, 6.45) is -7.85. The van der Waals surface area contributed by atoms with E-state index >= 15 is 0 Å². The van der Waals surface area contributed by atoms with Gasteiger partial charge in [-0.15, -0.1) is 0 Å². The Balaban J connectivity index is 1.49. The van der Waals surface area contributed by atoms with Crippen LogP contribution in [-0.2, 0) is 35.3 Å². The second-order valence-corrected chi connectivity index (χ2v) is 12.5. The van der Waals surface area contributed by atoms with E-state index in [1.807, 2.05) is 32.0 Å². The Morgan fingerprint density at radius 2 is 1.98 bits per heavy atom. The molecule has 0 amide bonds. The largest absolute Gasteiger partial charge is 0.616 e. The summed E-state index contributed by atoms with van der Waals surface area (Å²) in [5.41, 5.74) is 0.517. The Morgan fingerprint density at radius 3 is 2.63 bits per heavy atom. The van der Waals surface area contributed by atoms with E-state index in [-0.39, 0.29) is 29.1 Å². The number of ether oxygens (including phenoxy) is 3. The number of alkyl halides is 3. The Labute approximate surface area is 237 Å². The lowest BCUT2D eigenvalue weighted by atomic mass is 9.91. The molecule has 2 aliphatic rings. The smallest absolute Gasteiger partial charge is 0.427 e. The van der Waals surface area contributed by atoms with Gasteiger partial charge >= 0.3 is 11.9 Å². The summed E-state index contributed by atoms with van der Waals surface area (Å²) >= 11 is -1.35. The molecule has 1 saturated heterocycles. The van der Waals surface area contributed by atoms with Gasteiger partial charge in [0.15, 0.2) is 0 Å². The van der Waals surface area contributed by atoms with Crippen molar-refractivity contribution in [3.05, 3.63) is 63.0 Å². The lowest BCUT2D eigenvalue weighted by molar-refractivity contribution is -0.389. The summed E-state index contributed by atoms with van der Waals surface area (Å²) in [6.45, 7) is 3.39. The lowest BCUT2D eigenvalue weighted by Crippen LogP contribution is -2.54. The molecule has 2 heterocycles. The summed E-state index contributed by atoms with van der Waals surface area (Å²) in [5.74, 6) is -1.95. The Bertz CT molecular complexity index is 1260. The van der Waals surface area contributed by atoms with E-state index in [4.69, 9.17) is 9.47 Å². The Morgan fingerprint density at radius 1 is 1.24 bits per heavy atom. The Kier molecular flexibility index (Phi) is 9.38. The maximum atomic E-state index is 14.8. The SMILES string of the molecule is COC[C@@H](Oc1cc(C[C@@H]2C[S@@+]([O-])C[C@H](NCc3ccc4c(c3)OC(C)(C)C4)[C@H]2O)cc(F)c1[N+](=O)[O-])C(F)(F)F. The Hall–Kier alpha value is -2.65. The van der Waals surface area contributed by atoms with Crippen molar-refractivity contribution < 1.29 is 46.4 Å². The number of nitro groups is 1. The summed E-state index contributed by atoms with van der Waals surface area (Å²) in [4.78, 5) is 10.3. The van der Waals surface area contributed by atoms with Gasteiger partial charge in [0.25, 0.3) is 0 Å². The van der Waals surface area contributed by atoms with E-state index in [0.29, 0.717) is 6.54 Å². The molecule has 41 heavy (non-hydrogen) atoms. The quantitative estimate of drug-likeness (QED) is 0.181. The first-order valence-corrected chi connectivity index (χ1v) is 14.4. The van der Waals surface area contributed by atoms with Crippen molar-refractivity contribution in [2.75, 3.05) is 25.2 Å². The topological polar surface area (TPSA) is 126 Å². The molecule has 226 valence electrons. The minimum Gasteiger partial charge on any atom is -0.616 e. The first-order valence-electron chi connectivity index (χ1n) is 12.9. The van der Waals surface area contributed by atoms with E-state index in [1.165, 1.54) is 0 Å². The van der Waals surface area contributed by atoms with Gasteiger partial charge in [0.1, 0.15) is 22.9 Å². The van der Waals surface area contributed by atoms with Crippen LogP contribution in [0.15, 0.2) is 30.3 Å². The number of aliphatic hydroxyl groups is 1. The number of nitro benzene ring substituents is 1. The molecule has 0 radical (unpaired) electrons. The summed E-state index contributed by atoms with van der Waals surface area (Å²) in [5, 5.41) is 25.7. The number of methoxy groups -OCH3 is 1. The third kappa shape index (κ3) is 7.60. The van der Waals surface area contributed by atoms with E-state index in [2.05, 4.69) is 10.1 Å². The van der Waals surface area contributed by atoms with Crippen LogP contribution < -0.4 is 14.8 Å². The van der Waals surface area contributed by atoms with Crippen LogP contribution in [-0.4, -0.2) is 69.8 Å². The predicted octanol–water partition coefficient (Wildman–Crippen LogP) is 3.84. The second kappa shape index (κ2) is 12.3. The van der Waals surface area contributed by atoms with Crippen molar-refractivity contribution in [2.24, 2.45) is 5.92 Å². The van der Waals surface area contributed by atoms with Gasteiger partial charge in [-0.3, -0.25) is 10.1 Å². The van der Waals surface area contributed by atoms with Crippen molar-refractivity contribution in [1.29, 1.82) is 0 Å². The van der Waals surface area contributed by atoms with Gasteiger partial charge in [-0.25, -0.2) is 0 Å². The number of rotatable bonds is 10. The average molecular weight is 605 g/mol. The zero-order valence-corrected chi connectivity index (χ0v) is 23.5. The first kappa shape index (κ1) is 31.3. The van der Waals surface area contributed by atoms with E-state index in [1.54, 1.807) is 0 Å². The van der Waals surface area contributed by atoms with Crippen LogP contribution >= 0.6 is 0 Å². The molecule has 0 aromatic heterocycles. The normalized spacial score (nSPS) is 24.4. The van der Waals surface area contributed by atoms with Crippen molar-refractivity contribution in [3.63, 3.8) is 0 Å². The minimum atomic E-state index is -4.94. The number of hydrogen-bond donors (Lipinski definition) is 2. The molecule has 2 aromatic rings. The number of hydrogen-bond acceptors (Lipinski definition) is 8. The zero-order chi connectivity index (χ0) is 30.1. The molecular weight excluding hydrogens is 572 g/mol. The van der Waals surface area contributed by atoms with Crippen molar-refractivity contribution >= 4 is 16.9 Å². The lowest BCUT2D eigenvalue weighted by Gasteiger charge is -2.36. The molecular formula is C27H32F4N2O7S.